The van der Waals surface area contributed by atoms with Crippen LogP contribution >= 0.6 is 34.5 Å². The van der Waals surface area contributed by atoms with Crippen LogP contribution < -0.4 is 11.1 Å². The number of thiophene rings is 1. The number of nitrogens with zero attached hydrogens (tertiary/aromatic N) is 1. The van der Waals surface area contributed by atoms with Crippen molar-refractivity contribution in [2.24, 2.45) is 11.7 Å². The summed E-state index contributed by atoms with van der Waals surface area (Å²) < 4.78 is 0. The van der Waals surface area contributed by atoms with Crippen molar-refractivity contribution < 1.29 is 9.59 Å². The molecule has 1 unspecified atom stereocenters. The van der Waals surface area contributed by atoms with E-state index in [1.807, 2.05) is 24.3 Å². The van der Waals surface area contributed by atoms with Gasteiger partial charge >= 0.3 is 0 Å². The van der Waals surface area contributed by atoms with E-state index in [4.69, 9.17) is 33.9 Å². The molecule has 1 aliphatic carbocycles. The molecule has 0 bridgehead atoms. The first-order chi connectivity index (χ1) is 17.4. The Morgan fingerprint density at radius 3 is 2.72 bits per heavy atom. The molecule has 184 valence electrons. The van der Waals surface area contributed by atoms with Crippen molar-refractivity contribution in [3.63, 3.8) is 0 Å². The van der Waals surface area contributed by atoms with Gasteiger partial charge in [-0.1, -0.05) is 61.2 Å². The molecule has 2 aromatic heterocycles. The number of amides is 2. The van der Waals surface area contributed by atoms with Gasteiger partial charge in [0.2, 0.25) is 0 Å². The summed E-state index contributed by atoms with van der Waals surface area (Å²) in [5, 5.41) is 5.18. The molecule has 0 saturated heterocycles. The molecule has 0 fully saturated rings. The highest BCUT2D eigenvalue weighted by Gasteiger charge is 2.29. The van der Waals surface area contributed by atoms with E-state index in [-0.39, 0.29) is 5.91 Å². The van der Waals surface area contributed by atoms with Gasteiger partial charge in [0.1, 0.15) is 5.00 Å². The zero-order valence-electron chi connectivity index (χ0n) is 19.7. The summed E-state index contributed by atoms with van der Waals surface area (Å²) in [7, 11) is 0. The molecule has 1 atom stereocenters. The molecule has 0 saturated carbocycles. The second-order valence-corrected chi connectivity index (χ2v) is 11.1. The molecule has 2 heterocycles. The summed E-state index contributed by atoms with van der Waals surface area (Å²) in [6.45, 7) is 2.19. The van der Waals surface area contributed by atoms with Crippen LogP contribution in [-0.2, 0) is 12.8 Å². The van der Waals surface area contributed by atoms with Crippen LogP contribution in [0.15, 0.2) is 48.5 Å². The average Bonchev–Trinajstić information content (AvgIpc) is 3.20. The number of carbonyl (C=O) groups excluding carboxylic acids is 2. The van der Waals surface area contributed by atoms with Gasteiger partial charge in [-0.05, 0) is 61.1 Å². The summed E-state index contributed by atoms with van der Waals surface area (Å²) in [6, 6.07) is 14.3. The Hall–Kier alpha value is -2.93. The van der Waals surface area contributed by atoms with Crippen molar-refractivity contribution in [3.05, 3.63) is 80.1 Å². The van der Waals surface area contributed by atoms with Crippen molar-refractivity contribution in [1.82, 2.24) is 4.98 Å². The number of halogens is 2. The maximum absolute atomic E-state index is 13.7. The Morgan fingerprint density at radius 2 is 1.97 bits per heavy atom. The summed E-state index contributed by atoms with van der Waals surface area (Å²) in [4.78, 5) is 32.0. The first-order valence-corrected chi connectivity index (χ1v) is 13.5. The van der Waals surface area contributed by atoms with Crippen molar-refractivity contribution >= 4 is 62.3 Å². The van der Waals surface area contributed by atoms with Gasteiger partial charge in [-0.25, -0.2) is 4.98 Å². The normalized spacial score (nSPS) is 15.0. The van der Waals surface area contributed by atoms with Crippen LogP contribution in [0.3, 0.4) is 0 Å². The van der Waals surface area contributed by atoms with Crippen LogP contribution in [-0.4, -0.2) is 16.8 Å². The van der Waals surface area contributed by atoms with Gasteiger partial charge in [0.25, 0.3) is 11.8 Å². The average molecular weight is 539 g/mol. The lowest BCUT2D eigenvalue weighted by molar-refractivity contribution is 0.1000. The first kappa shape index (κ1) is 24.8. The van der Waals surface area contributed by atoms with Gasteiger partial charge in [0, 0.05) is 20.8 Å². The molecule has 0 radical (unpaired) electrons. The first-order valence-electron chi connectivity index (χ1n) is 12.0. The zero-order valence-corrected chi connectivity index (χ0v) is 22.1. The second-order valence-electron chi connectivity index (χ2n) is 9.12. The number of pyridine rings is 1. The van der Waals surface area contributed by atoms with Crippen LogP contribution in [0.4, 0.5) is 5.00 Å². The number of aromatic nitrogens is 1. The zero-order chi connectivity index (χ0) is 25.4. The van der Waals surface area contributed by atoms with E-state index in [0.29, 0.717) is 54.3 Å². The summed E-state index contributed by atoms with van der Waals surface area (Å²) >= 11 is 14.0. The molecule has 8 heteroatoms. The van der Waals surface area contributed by atoms with Gasteiger partial charge in [0.05, 0.1) is 27.4 Å². The van der Waals surface area contributed by atoms with Gasteiger partial charge < -0.3 is 11.1 Å². The number of anilines is 1. The van der Waals surface area contributed by atoms with Crippen molar-refractivity contribution in [2.45, 2.75) is 39.0 Å². The fraction of sp³-hybridized carbons (Fsp3) is 0.250. The lowest BCUT2D eigenvalue weighted by Gasteiger charge is -2.21. The summed E-state index contributed by atoms with van der Waals surface area (Å²) in [5.41, 5.74) is 9.55. The minimum atomic E-state index is -0.509. The molecule has 36 heavy (non-hydrogen) atoms. The van der Waals surface area contributed by atoms with E-state index in [1.165, 1.54) is 11.3 Å². The van der Waals surface area contributed by atoms with Crippen molar-refractivity contribution in [2.75, 3.05) is 5.32 Å². The fourth-order valence-corrected chi connectivity index (χ4v) is 6.89. The van der Waals surface area contributed by atoms with E-state index in [9.17, 15) is 9.59 Å². The maximum Gasteiger partial charge on any atom is 0.257 e. The van der Waals surface area contributed by atoms with Crippen LogP contribution in [0.2, 0.25) is 10.0 Å². The quantitative estimate of drug-likeness (QED) is 0.266. The van der Waals surface area contributed by atoms with Crippen molar-refractivity contribution in [1.29, 1.82) is 0 Å². The number of benzene rings is 2. The molecule has 5 nitrogen and oxygen atoms in total. The van der Waals surface area contributed by atoms with Crippen LogP contribution in [0.5, 0.6) is 0 Å². The standard InChI is InChI=1S/C28H25Cl2N3O2S/c1-2-5-15-8-10-19-24(12-15)36-28(25(19)26(31)34)33-27(35)20-14-23(18-11-9-16(29)13-21(18)30)32-22-7-4-3-6-17(20)22/h3-4,6-7,9,11,13-15H,2,5,8,10,12H2,1H3,(H2,31,34)(H,33,35). The lowest BCUT2D eigenvalue weighted by Crippen LogP contribution is -2.20. The Morgan fingerprint density at radius 1 is 1.17 bits per heavy atom. The molecule has 4 aromatic rings. The molecular weight excluding hydrogens is 513 g/mol. The number of hydrogen-bond acceptors (Lipinski definition) is 4. The third kappa shape index (κ3) is 4.73. The second kappa shape index (κ2) is 10.2. The minimum Gasteiger partial charge on any atom is -0.365 e. The Bertz CT molecular complexity index is 1500. The highest BCUT2D eigenvalue weighted by Crippen LogP contribution is 2.41. The van der Waals surface area contributed by atoms with Gasteiger partial charge in [0.15, 0.2) is 0 Å². The Labute approximate surface area is 223 Å². The number of primary amides is 1. The van der Waals surface area contributed by atoms with E-state index >= 15 is 0 Å². The van der Waals surface area contributed by atoms with Gasteiger partial charge in [-0.3, -0.25) is 9.59 Å². The molecule has 3 N–H and O–H groups in total. The van der Waals surface area contributed by atoms with Crippen LogP contribution in [0.1, 0.15) is 57.3 Å². The van der Waals surface area contributed by atoms with Crippen LogP contribution in [0.25, 0.3) is 22.2 Å². The smallest absolute Gasteiger partial charge is 0.257 e. The number of carbonyl (C=O) groups is 2. The topological polar surface area (TPSA) is 85.1 Å². The molecule has 2 aromatic carbocycles. The van der Waals surface area contributed by atoms with Gasteiger partial charge in [-0.15, -0.1) is 11.3 Å². The minimum absolute atomic E-state index is 0.328. The van der Waals surface area contributed by atoms with Crippen LogP contribution in [0, 0.1) is 5.92 Å². The molecular formula is C28H25Cl2N3O2S. The van der Waals surface area contributed by atoms with E-state index in [2.05, 4.69) is 12.2 Å². The molecule has 2 amide bonds. The molecule has 0 spiro atoms. The number of rotatable bonds is 6. The highest BCUT2D eigenvalue weighted by atomic mass is 35.5. The third-order valence-electron chi connectivity index (χ3n) is 6.71. The molecule has 0 aliphatic heterocycles. The van der Waals surface area contributed by atoms with E-state index in [1.54, 1.807) is 24.3 Å². The highest BCUT2D eigenvalue weighted by molar-refractivity contribution is 7.17. The SMILES string of the molecule is CCCC1CCc2c(sc(NC(=O)c3cc(-c4ccc(Cl)cc4Cl)nc4ccccc34)c2C(N)=O)C1. The number of nitrogens with two attached hydrogens (primary N) is 1. The van der Waals surface area contributed by atoms with E-state index in [0.717, 1.165) is 42.5 Å². The van der Waals surface area contributed by atoms with E-state index < -0.39 is 5.91 Å². The summed E-state index contributed by atoms with van der Waals surface area (Å²) in [6.07, 6.45) is 5.05. The fourth-order valence-electron chi connectivity index (χ4n) is 5.03. The number of para-hydroxylation sites is 1. The number of nitrogens with one attached hydrogen (secondary N) is 1. The largest absolute Gasteiger partial charge is 0.365 e. The predicted octanol–water partition coefficient (Wildman–Crippen LogP) is 7.53. The molecule has 1 aliphatic rings. The number of fused-ring (bicyclic) bond motifs is 2. The predicted molar refractivity (Wildman–Crippen MR) is 148 cm³/mol. The lowest BCUT2D eigenvalue weighted by atomic mass is 9.84. The number of hydrogen-bond donors (Lipinski definition) is 2. The monoisotopic (exact) mass is 537 g/mol. The van der Waals surface area contributed by atoms with Crippen molar-refractivity contribution in [3.8, 4) is 11.3 Å². The molecule has 5 rings (SSSR count). The third-order valence-corrected chi connectivity index (χ3v) is 8.42. The maximum atomic E-state index is 13.7. The van der Waals surface area contributed by atoms with Gasteiger partial charge in [-0.2, -0.15) is 0 Å². The Kier molecular flexibility index (Phi) is 7.02. The Balaban J connectivity index is 1.56. The summed E-state index contributed by atoms with van der Waals surface area (Å²) in [5.74, 6) is -0.239.